The highest BCUT2D eigenvalue weighted by atomic mass is 79.9. The van der Waals surface area contributed by atoms with E-state index < -0.39 is 0 Å². The average molecular weight is 320 g/mol. The summed E-state index contributed by atoms with van der Waals surface area (Å²) in [6, 6.07) is 9.60. The van der Waals surface area contributed by atoms with Crippen LogP contribution in [0.15, 0.2) is 47.2 Å². The third-order valence-corrected chi connectivity index (χ3v) is 3.17. The molecule has 0 aliphatic heterocycles. The maximum absolute atomic E-state index is 12.1. The minimum Gasteiger partial charge on any atom is -0.387 e. The lowest BCUT2D eigenvalue weighted by Gasteiger charge is -2.09. The molecule has 0 bridgehead atoms. The molecule has 0 atom stereocenters. The second-order valence-corrected chi connectivity index (χ2v) is 4.90. The molecule has 2 N–H and O–H groups in total. The minimum absolute atomic E-state index is 0.141. The summed E-state index contributed by atoms with van der Waals surface area (Å²) in [6.45, 7) is 0.482. The fourth-order valence-corrected chi connectivity index (χ4v) is 2.16. The molecule has 98 valence electrons. The molecule has 2 aromatic rings. The highest BCUT2D eigenvalue weighted by Crippen LogP contribution is 2.14. The highest BCUT2D eigenvalue weighted by molar-refractivity contribution is 9.10. The second-order valence-electron chi connectivity index (χ2n) is 3.98. The van der Waals surface area contributed by atoms with Crippen molar-refractivity contribution >= 4 is 27.5 Å². The minimum atomic E-state index is -0.141. The maximum Gasteiger partial charge on any atom is 0.255 e. The molecule has 1 amide bonds. The van der Waals surface area contributed by atoms with E-state index in [0.29, 0.717) is 12.1 Å². The van der Waals surface area contributed by atoms with Gasteiger partial charge >= 0.3 is 0 Å². The molecule has 5 heteroatoms. The van der Waals surface area contributed by atoms with Gasteiger partial charge in [-0.05, 0) is 23.8 Å². The van der Waals surface area contributed by atoms with Gasteiger partial charge in [-0.15, -0.1) is 0 Å². The second kappa shape index (κ2) is 6.33. The Labute approximate surface area is 120 Å². The predicted molar refractivity (Wildman–Crippen MR) is 79.1 cm³/mol. The van der Waals surface area contributed by atoms with Crippen LogP contribution >= 0.6 is 15.9 Å². The molecule has 0 saturated carbocycles. The van der Waals surface area contributed by atoms with Crippen molar-refractivity contribution in [3.63, 3.8) is 0 Å². The van der Waals surface area contributed by atoms with Crippen molar-refractivity contribution in [1.29, 1.82) is 0 Å². The molecule has 0 aliphatic rings. The quantitative estimate of drug-likeness (QED) is 0.911. The van der Waals surface area contributed by atoms with Crippen molar-refractivity contribution < 1.29 is 4.79 Å². The summed E-state index contributed by atoms with van der Waals surface area (Å²) in [5.41, 5.74) is 2.35. The number of aromatic nitrogens is 1. The normalized spacial score (nSPS) is 10.0. The number of benzene rings is 1. The van der Waals surface area contributed by atoms with E-state index in [1.807, 2.05) is 24.3 Å². The number of nitrogens with zero attached hydrogens (tertiary/aromatic N) is 1. The van der Waals surface area contributed by atoms with Gasteiger partial charge in [-0.1, -0.05) is 28.1 Å². The monoisotopic (exact) mass is 319 g/mol. The molecule has 1 aromatic heterocycles. The smallest absolute Gasteiger partial charge is 0.255 e. The molecule has 0 spiro atoms. The molecular formula is C14H14BrN3O. The summed E-state index contributed by atoms with van der Waals surface area (Å²) < 4.78 is 0.997. The van der Waals surface area contributed by atoms with E-state index in [0.717, 1.165) is 15.7 Å². The van der Waals surface area contributed by atoms with Crippen LogP contribution in [-0.2, 0) is 6.54 Å². The third-order valence-electron chi connectivity index (χ3n) is 2.68. The van der Waals surface area contributed by atoms with Gasteiger partial charge in [-0.2, -0.15) is 0 Å². The van der Waals surface area contributed by atoms with Crippen molar-refractivity contribution in [1.82, 2.24) is 10.3 Å². The zero-order valence-electron chi connectivity index (χ0n) is 10.5. The Morgan fingerprint density at radius 3 is 2.95 bits per heavy atom. The van der Waals surface area contributed by atoms with Gasteiger partial charge in [0.05, 0.1) is 5.56 Å². The number of nitrogens with one attached hydrogen (secondary N) is 2. The van der Waals surface area contributed by atoms with Crippen LogP contribution in [-0.4, -0.2) is 17.9 Å². The Kier molecular flexibility index (Phi) is 4.52. The first-order chi connectivity index (χ1) is 9.20. The number of anilines is 1. The SMILES string of the molecule is CNc1ccncc1C(=O)NCc1cccc(Br)c1. The van der Waals surface area contributed by atoms with Crippen LogP contribution in [0.3, 0.4) is 0 Å². The van der Waals surface area contributed by atoms with Crippen LogP contribution in [0.1, 0.15) is 15.9 Å². The Morgan fingerprint density at radius 2 is 2.21 bits per heavy atom. The van der Waals surface area contributed by atoms with Gasteiger partial charge < -0.3 is 10.6 Å². The summed E-state index contributed by atoms with van der Waals surface area (Å²) in [7, 11) is 1.78. The molecule has 0 aliphatic carbocycles. The Bertz CT molecular complexity index is 586. The molecule has 0 fully saturated rings. The molecule has 19 heavy (non-hydrogen) atoms. The number of halogens is 1. The predicted octanol–water partition coefficient (Wildman–Crippen LogP) is 2.82. The summed E-state index contributed by atoms with van der Waals surface area (Å²) in [5.74, 6) is -0.141. The van der Waals surface area contributed by atoms with Crippen molar-refractivity contribution in [3.05, 3.63) is 58.3 Å². The Hall–Kier alpha value is -1.88. The molecule has 1 aromatic carbocycles. The van der Waals surface area contributed by atoms with Gasteiger partial charge in [0.15, 0.2) is 0 Å². The number of hydrogen-bond donors (Lipinski definition) is 2. The number of amides is 1. The van der Waals surface area contributed by atoms with Gasteiger partial charge in [0.1, 0.15) is 0 Å². The van der Waals surface area contributed by atoms with Gasteiger partial charge in [0.2, 0.25) is 0 Å². The standard InChI is InChI=1S/C14H14BrN3O/c1-16-13-5-6-17-9-12(13)14(19)18-8-10-3-2-4-11(15)7-10/h2-7,9H,8H2,1H3,(H,16,17)(H,18,19). The lowest BCUT2D eigenvalue weighted by atomic mass is 10.2. The molecule has 0 unspecified atom stereocenters. The molecule has 0 saturated heterocycles. The number of carbonyl (C=O) groups is 1. The number of carbonyl (C=O) groups excluding carboxylic acids is 1. The lowest BCUT2D eigenvalue weighted by molar-refractivity contribution is 0.0951. The third kappa shape index (κ3) is 3.54. The number of pyridine rings is 1. The van der Waals surface area contributed by atoms with E-state index in [1.165, 1.54) is 0 Å². The largest absolute Gasteiger partial charge is 0.387 e. The topological polar surface area (TPSA) is 54.0 Å². The Morgan fingerprint density at radius 1 is 1.37 bits per heavy atom. The molecule has 4 nitrogen and oxygen atoms in total. The molecule has 0 radical (unpaired) electrons. The summed E-state index contributed by atoms with van der Waals surface area (Å²) in [6.07, 6.45) is 3.21. The van der Waals surface area contributed by atoms with Gasteiger partial charge in [0.25, 0.3) is 5.91 Å². The maximum atomic E-state index is 12.1. The first-order valence-electron chi connectivity index (χ1n) is 5.85. The van der Waals surface area contributed by atoms with E-state index in [2.05, 4.69) is 31.5 Å². The Balaban J connectivity index is 2.05. The van der Waals surface area contributed by atoms with E-state index >= 15 is 0 Å². The first kappa shape index (κ1) is 13.5. The number of hydrogen-bond acceptors (Lipinski definition) is 3. The van der Waals surface area contributed by atoms with Crippen LogP contribution in [0.2, 0.25) is 0 Å². The molecule has 1 heterocycles. The van der Waals surface area contributed by atoms with E-state index in [9.17, 15) is 4.79 Å². The van der Waals surface area contributed by atoms with Gasteiger partial charge in [-0.3, -0.25) is 9.78 Å². The molecular weight excluding hydrogens is 306 g/mol. The van der Waals surface area contributed by atoms with Gasteiger partial charge in [0, 0.05) is 36.1 Å². The average Bonchev–Trinajstić information content (AvgIpc) is 2.45. The summed E-state index contributed by atoms with van der Waals surface area (Å²) in [5, 5.41) is 5.85. The fourth-order valence-electron chi connectivity index (χ4n) is 1.72. The van der Waals surface area contributed by atoms with Crippen LogP contribution in [0.5, 0.6) is 0 Å². The summed E-state index contributed by atoms with van der Waals surface area (Å²) in [4.78, 5) is 16.1. The van der Waals surface area contributed by atoms with Crippen molar-refractivity contribution in [2.45, 2.75) is 6.54 Å². The van der Waals surface area contributed by atoms with Crippen LogP contribution < -0.4 is 10.6 Å². The first-order valence-corrected chi connectivity index (χ1v) is 6.64. The summed E-state index contributed by atoms with van der Waals surface area (Å²) >= 11 is 3.40. The van der Waals surface area contributed by atoms with Crippen LogP contribution in [0, 0.1) is 0 Å². The zero-order valence-corrected chi connectivity index (χ0v) is 12.1. The fraction of sp³-hybridized carbons (Fsp3) is 0.143. The van der Waals surface area contributed by atoms with Crippen molar-refractivity contribution in [2.75, 3.05) is 12.4 Å². The van der Waals surface area contributed by atoms with Crippen molar-refractivity contribution in [2.24, 2.45) is 0 Å². The lowest BCUT2D eigenvalue weighted by Crippen LogP contribution is -2.23. The van der Waals surface area contributed by atoms with E-state index in [-0.39, 0.29) is 5.91 Å². The van der Waals surface area contributed by atoms with Crippen molar-refractivity contribution in [3.8, 4) is 0 Å². The van der Waals surface area contributed by atoms with Crippen LogP contribution in [0.4, 0.5) is 5.69 Å². The number of rotatable bonds is 4. The van der Waals surface area contributed by atoms with E-state index in [1.54, 1.807) is 25.5 Å². The molecule has 2 rings (SSSR count). The van der Waals surface area contributed by atoms with E-state index in [4.69, 9.17) is 0 Å². The van der Waals surface area contributed by atoms with Crippen LogP contribution in [0.25, 0.3) is 0 Å². The zero-order chi connectivity index (χ0) is 13.7. The highest BCUT2D eigenvalue weighted by Gasteiger charge is 2.10. The van der Waals surface area contributed by atoms with Gasteiger partial charge in [-0.25, -0.2) is 0 Å².